The standard InChI is InChI=1S/C23H31N3O4/c1-3-4-9-14-26-22(28)18-12-7-6-11-17(18)21(25-26)23(29)30-15-20(27)24-19-13-8-5-10-16(19)2/h6-7,11-12,16,19H,3-5,8-10,13-15H2,1-2H3,(H,24,27)/t16-,19-/m0/s1. The average molecular weight is 414 g/mol. The van der Waals surface area contributed by atoms with Crippen LogP contribution in [0.25, 0.3) is 10.8 Å². The Hall–Kier alpha value is -2.70. The van der Waals surface area contributed by atoms with Crippen molar-refractivity contribution in [1.82, 2.24) is 15.1 Å². The molecular formula is C23H31N3O4. The minimum Gasteiger partial charge on any atom is -0.451 e. The van der Waals surface area contributed by atoms with Gasteiger partial charge in [0.25, 0.3) is 11.5 Å². The summed E-state index contributed by atoms with van der Waals surface area (Å²) in [4.78, 5) is 37.7. The molecule has 1 fully saturated rings. The zero-order chi connectivity index (χ0) is 21.5. The Labute approximate surface area is 176 Å². The molecule has 1 aliphatic rings. The van der Waals surface area contributed by atoms with Crippen LogP contribution in [-0.4, -0.2) is 34.3 Å². The highest BCUT2D eigenvalue weighted by atomic mass is 16.5. The van der Waals surface area contributed by atoms with Gasteiger partial charge in [0.15, 0.2) is 12.3 Å². The molecule has 0 unspecified atom stereocenters. The molecule has 7 heteroatoms. The number of fused-ring (bicyclic) bond motifs is 1. The number of nitrogens with zero attached hydrogens (tertiary/aromatic N) is 2. The minimum absolute atomic E-state index is 0.0699. The van der Waals surface area contributed by atoms with Gasteiger partial charge < -0.3 is 10.1 Å². The van der Waals surface area contributed by atoms with Gasteiger partial charge in [0.05, 0.1) is 5.39 Å². The van der Waals surface area contributed by atoms with E-state index in [2.05, 4.69) is 24.3 Å². The van der Waals surface area contributed by atoms with Crippen LogP contribution >= 0.6 is 0 Å². The van der Waals surface area contributed by atoms with E-state index in [1.807, 2.05) is 0 Å². The van der Waals surface area contributed by atoms with Gasteiger partial charge in [0.1, 0.15) is 0 Å². The zero-order valence-corrected chi connectivity index (χ0v) is 17.9. The number of aryl methyl sites for hydroxylation is 1. The first-order valence-electron chi connectivity index (χ1n) is 11.0. The number of nitrogens with one attached hydrogen (secondary N) is 1. The second-order valence-corrected chi connectivity index (χ2v) is 8.14. The van der Waals surface area contributed by atoms with Crippen molar-refractivity contribution in [3.05, 3.63) is 40.3 Å². The van der Waals surface area contributed by atoms with Gasteiger partial charge in [-0.1, -0.05) is 57.7 Å². The maximum absolute atomic E-state index is 12.7. The normalized spacial score (nSPS) is 18.9. The van der Waals surface area contributed by atoms with Crippen LogP contribution in [0, 0.1) is 5.92 Å². The third-order valence-corrected chi connectivity index (χ3v) is 5.83. The summed E-state index contributed by atoms with van der Waals surface area (Å²) in [5.74, 6) is -0.569. The van der Waals surface area contributed by atoms with Crippen molar-refractivity contribution in [2.45, 2.75) is 71.4 Å². The predicted molar refractivity (Wildman–Crippen MR) is 115 cm³/mol. The molecule has 1 saturated carbocycles. The van der Waals surface area contributed by atoms with Gasteiger partial charge in [-0.05, 0) is 31.2 Å². The Kier molecular flexibility index (Phi) is 7.60. The Morgan fingerprint density at radius 3 is 2.63 bits per heavy atom. The summed E-state index contributed by atoms with van der Waals surface area (Å²) in [6.45, 7) is 4.30. The van der Waals surface area contributed by atoms with Crippen molar-refractivity contribution >= 4 is 22.6 Å². The van der Waals surface area contributed by atoms with Gasteiger partial charge in [0, 0.05) is 18.0 Å². The number of amides is 1. The SMILES string of the molecule is CCCCCn1nc(C(=O)OCC(=O)N[C@H]2CCCC[C@@H]2C)c2ccccc2c1=O. The molecule has 1 heterocycles. The summed E-state index contributed by atoms with van der Waals surface area (Å²) in [7, 11) is 0. The number of hydrogen-bond donors (Lipinski definition) is 1. The minimum atomic E-state index is -0.692. The van der Waals surface area contributed by atoms with Crippen molar-refractivity contribution in [3.8, 4) is 0 Å². The average Bonchev–Trinajstić information content (AvgIpc) is 2.75. The van der Waals surface area contributed by atoms with Crippen LogP contribution in [0.15, 0.2) is 29.1 Å². The number of rotatable bonds is 8. The number of hydrogen-bond acceptors (Lipinski definition) is 5. The Bertz CT molecular complexity index is 953. The second-order valence-electron chi connectivity index (χ2n) is 8.14. The van der Waals surface area contributed by atoms with Gasteiger partial charge in [-0.15, -0.1) is 0 Å². The lowest BCUT2D eigenvalue weighted by Crippen LogP contribution is -2.43. The van der Waals surface area contributed by atoms with Crippen LogP contribution in [0.1, 0.15) is 69.3 Å². The first-order chi connectivity index (χ1) is 14.5. The van der Waals surface area contributed by atoms with E-state index >= 15 is 0 Å². The topological polar surface area (TPSA) is 90.3 Å². The van der Waals surface area contributed by atoms with Crippen LogP contribution < -0.4 is 10.9 Å². The number of aromatic nitrogens is 2. The molecule has 3 rings (SSSR count). The maximum Gasteiger partial charge on any atom is 0.359 e. The highest BCUT2D eigenvalue weighted by Gasteiger charge is 2.24. The third-order valence-electron chi connectivity index (χ3n) is 5.83. The van der Waals surface area contributed by atoms with Crippen molar-refractivity contribution in [3.63, 3.8) is 0 Å². The number of carbonyl (C=O) groups is 2. The summed E-state index contributed by atoms with van der Waals surface area (Å²) in [6.07, 6.45) is 7.14. The number of esters is 1. The van der Waals surface area contributed by atoms with E-state index in [-0.39, 0.29) is 29.8 Å². The summed E-state index contributed by atoms with van der Waals surface area (Å²) in [5, 5.41) is 8.12. The van der Waals surface area contributed by atoms with E-state index in [9.17, 15) is 14.4 Å². The third kappa shape index (κ3) is 5.26. The van der Waals surface area contributed by atoms with E-state index in [0.717, 1.165) is 38.5 Å². The van der Waals surface area contributed by atoms with Crippen LogP contribution in [0.2, 0.25) is 0 Å². The van der Waals surface area contributed by atoms with E-state index in [4.69, 9.17) is 4.74 Å². The molecule has 1 amide bonds. The smallest absolute Gasteiger partial charge is 0.359 e. The number of carbonyl (C=O) groups excluding carboxylic acids is 2. The molecule has 1 aliphatic carbocycles. The van der Waals surface area contributed by atoms with E-state index in [0.29, 0.717) is 23.2 Å². The fraction of sp³-hybridized carbons (Fsp3) is 0.565. The van der Waals surface area contributed by atoms with Crippen LogP contribution in [0.5, 0.6) is 0 Å². The van der Waals surface area contributed by atoms with Crippen molar-refractivity contribution in [2.75, 3.05) is 6.61 Å². The van der Waals surface area contributed by atoms with Gasteiger partial charge >= 0.3 is 5.97 Å². The van der Waals surface area contributed by atoms with Gasteiger partial charge in [-0.25, -0.2) is 9.48 Å². The molecule has 0 radical (unpaired) electrons. The van der Waals surface area contributed by atoms with Gasteiger partial charge in [-0.3, -0.25) is 9.59 Å². The molecule has 0 aliphatic heterocycles. The monoisotopic (exact) mass is 413 g/mol. The molecule has 7 nitrogen and oxygen atoms in total. The molecule has 1 aromatic heterocycles. The molecule has 2 atom stereocenters. The summed E-state index contributed by atoms with van der Waals surface area (Å²) in [6, 6.07) is 7.00. The maximum atomic E-state index is 12.7. The van der Waals surface area contributed by atoms with Crippen molar-refractivity contribution < 1.29 is 14.3 Å². The zero-order valence-electron chi connectivity index (χ0n) is 17.9. The lowest BCUT2D eigenvalue weighted by atomic mass is 9.86. The van der Waals surface area contributed by atoms with Crippen LogP contribution in [0.3, 0.4) is 0 Å². The highest BCUT2D eigenvalue weighted by molar-refractivity contribution is 6.02. The molecule has 2 aromatic rings. The molecule has 1 aromatic carbocycles. The molecule has 0 saturated heterocycles. The van der Waals surface area contributed by atoms with Gasteiger partial charge in [0.2, 0.25) is 0 Å². The van der Waals surface area contributed by atoms with Crippen LogP contribution in [-0.2, 0) is 16.1 Å². The lowest BCUT2D eigenvalue weighted by molar-refractivity contribution is -0.125. The Morgan fingerprint density at radius 2 is 1.90 bits per heavy atom. The summed E-state index contributed by atoms with van der Waals surface area (Å²) < 4.78 is 6.60. The van der Waals surface area contributed by atoms with E-state index in [1.54, 1.807) is 24.3 Å². The van der Waals surface area contributed by atoms with E-state index in [1.165, 1.54) is 11.1 Å². The van der Waals surface area contributed by atoms with E-state index < -0.39 is 5.97 Å². The Balaban J connectivity index is 1.72. The fourth-order valence-corrected chi connectivity index (χ4v) is 4.03. The quantitative estimate of drug-likeness (QED) is 0.529. The number of benzene rings is 1. The Morgan fingerprint density at radius 1 is 1.17 bits per heavy atom. The van der Waals surface area contributed by atoms with Gasteiger partial charge in [-0.2, -0.15) is 5.10 Å². The van der Waals surface area contributed by atoms with Crippen molar-refractivity contribution in [2.24, 2.45) is 5.92 Å². The molecule has 162 valence electrons. The van der Waals surface area contributed by atoms with Crippen LogP contribution in [0.4, 0.5) is 0 Å². The lowest BCUT2D eigenvalue weighted by Gasteiger charge is -2.29. The molecule has 0 spiro atoms. The first-order valence-corrected chi connectivity index (χ1v) is 11.0. The molecule has 30 heavy (non-hydrogen) atoms. The largest absolute Gasteiger partial charge is 0.451 e. The number of ether oxygens (including phenoxy) is 1. The molecule has 0 bridgehead atoms. The van der Waals surface area contributed by atoms with Crippen molar-refractivity contribution in [1.29, 1.82) is 0 Å². The molecule has 1 N–H and O–H groups in total. The fourth-order valence-electron chi connectivity index (χ4n) is 4.03. The summed E-state index contributed by atoms with van der Waals surface area (Å²) >= 11 is 0. The molecular weight excluding hydrogens is 382 g/mol. The highest BCUT2D eigenvalue weighted by Crippen LogP contribution is 2.23. The number of unbranched alkanes of at least 4 members (excludes halogenated alkanes) is 2. The summed E-state index contributed by atoms with van der Waals surface area (Å²) in [5.41, 5.74) is -0.150. The first kappa shape index (κ1) is 22.0. The predicted octanol–water partition coefficient (Wildman–Crippen LogP) is 3.44. The second kappa shape index (κ2) is 10.4.